The number of benzene rings is 2. The molecule has 0 amide bonds. The Kier molecular flexibility index (Phi) is 5.90. The van der Waals surface area contributed by atoms with Crippen LogP contribution in [-0.2, 0) is 25.8 Å². The van der Waals surface area contributed by atoms with Gasteiger partial charge in [-0.3, -0.25) is 4.79 Å². The summed E-state index contributed by atoms with van der Waals surface area (Å²) in [5, 5.41) is 12.1. The number of aromatic hydroxyl groups is 1. The molecule has 0 spiro atoms. The maximum atomic E-state index is 11.8. The Hall–Kier alpha value is -1.57. The summed E-state index contributed by atoms with van der Waals surface area (Å²) in [7, 11) is -3.91. The zero-order valence-electron chi connectivity index (χ0n) is 18.1. The summed E-state index contributed by atoms with van der Waals surface area (Å²) in [6.45, 7) is 3.83. The second-order valence-corrected chi connectivity index (χ2v) is 13.3. The number of Topliss-reactive ketones (excluding diaryl/α,β-unsaturated/α-hetero) is 1. The fourth-order valence-electron chi connectivity index (χ4n) is 5.79. The Morgan fingerprint density at radius 2 is 1.74 bits per heavy atom. The molecule has 2 aliphatic carbocycles. The van der Waals surface area contributed by atoms with Gasteiger partial charge in [-0.2, -0.15) is 0 Å². The number of hydrogen-bond acceptors (Lipinski definition) is 5. The summed E-state index contributed by atoms with van der Waals surface area (Å²) in [5.41, 5.74) is -1.22. The van der Waals surface area contributed by atoms with E-state index in [9.17, 15) is 22.9 Å². The van der Waals surface area contributed by atoms with Gasteiger partial charge in [-0.1, -0.05) is 32.0 Å². The van der Waals surface area contributed by atoms with Crippen LogP contribution in [0.15, 0.2) is 41.3 Å². The highest BCUT2D eigenvalue weighted by Crippen LogP contribution is 2.64. The average molecular weight is 463 g/mol. The Morgan fingerprint density at radius 3 is 2.29 bits per heavy atom. The van der Waals surface area contributed by atoms with Gasteiger partial charge in [0.2, 0.25) is 0 Å². The lowest BCUT2D eigenvalue weighted by Crippen LogP contribution is -2.42. The summed E-state index contributed by atoms with van der Waals surface area (Å²) in [4.78, 5) is 13.3. The van der Waals surface area contributed by atoms with Crippen LogP contribution in [0.1, 0.15) is 46.0 Å². The highest BCUT2D eigenvalue weighted by molar-refractivity contribution is 7.97. The van der Waals surface area contributed by atoms with E-state index in [1.54, 1.807) is 0 Å². The molecule has 2 aromatic rings. The maximum Gasteiger partial charge on any atom is 0.162 e. The molecule has 2 atom stereocenters. The van der Waals surface area contributed by atoms with Crippen LogP contribution in [-0.4, -0.2) is 41.1 Å². The van der Waals surface area contributed by atoms with Crippen LogP contribution in [0.25, 0.3) is 10.8 Å². The van der Waals surface area contributed by atoms with Crippen molar-refractivity contribution >= 4 is 37.6 Å². The van der Waals surface area contributed by atoms with Crippen molar-refractivity contribution in [3.63, 3.8) is 0 Å². The monoisotopic (exact) mass is 462 g/mol. The minimum absolute atomic E-state index is 0.0248. The molecule has 168 valence electrons. The smallest absolute Gasteiger partial charge is 0.162 e. The number of phenols is 1. The van der Waals surface area contributed by atoms with Crippen LogP contribution in [0.4, 0.5) is 0 Å². The van der Waals surface area contributed by atoms with E-state index in [2.05, 4.69) is 18.2 Å². The molecule has 3 fully saturated rings. The molecule has 5 rings (SSSR count). The lowest BCUT2D eigenvalue weighted by molar-refractivity contribution is -0.128. The third-order valence-corrected chi connectivity index (χ3v) is 11.2. The van der Waals surface area contributed by atoms with E-state index in [-0.39, 0.29) is 17.1 Å². The first-order valence-corrected chi connectivity index (χ1v) is 14.0. The van der Waals surface area contributed by atoms with Crippen molar-refractivity contribution in [3.8, 4) is 5.75 Å². The first-order chi connectivity index (χ1) is 14.6. The average Bonchev–Trinajstić information content (AvgIpc) is 3.35. The normalized spacial score (nSPS) is 27.5. The quantitative estimate of drug-likeness (QED) is 0.544. The van der Waals surface area contributed by atoms with Crippen molar-refractivity contribution in [2.45, 2.75) is 50.8 Å². The number of hydrogen-bond donors (Lipinski definition) is 1. The minimum atomic E-state index is -4.33. The highest BCUT2D eigenvalue weighted by Gasteiger charge is 2.64. The molecule has 0 radical (unpaired) electrons. The molecular weight excluding hydrogens is 432 g/mol. The molecule has 1 aliphatic heterocycles. The van der Waals surface area contributed by atoms with E-state index in [0.717, 1.165) is 11.8 Å². The van der Waals surface area contributed by atoms with Gasteiger partial charge in [-0.25, -0.2) is 8.42 Å². The number of phenolic OH excluding ortho intramolecular Hbond substituents is 1. The number of fused-ring (bicyclic) bond motifs is 3. The maximum absolute atomic E-state index is 11.8. The molecule has 31 heavy (non-hydrogen) atoms. The molecular formula is C24H30O5S2. The molecule has 3 aliphatic rings. The lowest BCUT2D eigenvalue weighted by Gasteiger charge is -2.37. The SMILES string of the molecule is CC1(C)C2CCC1(CS(=O)(=O)[O-])C(=O)C2.Oc1ccc([S+]2CCCC2)c2ccccc12. The van der Waals surface area contributed by atoms with Crippen molar-refractivity contribution in [2.24, 2.45) is 16.7 Å². The van der Waals surface area contributed by atoms with Crippen molar-refractivity contribution in [1.29, 1.82) is 0 Å². The van der Waals surface area contributed by atoms with Crippen molar-refractivity contribution in [1.82, 2.24) is 0 Å². The second kappa shape index (κ2) is 8.09. The van der Waals surface area contributed by atoms with E-state index in [0.29, 0.717) is 29.5 Å². The van der Waals surface area contributed by atoms with Crippen molar-refractivity contribution in [2.75, 3.05) is 17.3 Å². The molecule has 1 heterocycles. The molecule has 1 saturated heterocycles. The summed E-state index contributed by atoms with van der Waals surface area (Å²) in [6, 6.07) is 12.2. The molecule has 2 saturated carbocycles. The summed E-state index contributed by atoms with van der Waals surface area (Å²) >= 11 is 0. The largest absolute Gasteiger partial charge is 0.748 e. The zero-order valence-corrected chi connectivity index (χ0v) is 19.7. The van der Waals surface area contributed by atoms with Gasteiger partial charge in [0.1, 0.15) is 23.0 Å². The molecule has 5 nitrogen and oxygen atoms in total. The van der Waals surface area contributed by atoms with Crippen LogP contribution >= 0.6 is 0 Å². The van der Waals surface area contributed by atoms with Crippen molar-refractivity contribution < 1.29 is 22.9 Å². The highest BCUT2D eigenvalue weighted by atomic mass is 32.2. The Bertz CT molecular complexity index is 1100. The molecule has 1 N–H and O–H groups in total. The molecule has 2 unspecified atom stereocenters. The van der Waals surface area contributed by atoms with Crippen LogP contribution < -0.4 is 0 Å². The number of carbonyl (C=O) groups is 1. The van der Waals surface area contributed by atoms with Gasteiger partial charge < -0.3 is 9.66 Å². The molecule has 7 heteroatoms. The number of carbonyl (C=O) groups excluding carboxylic acids is 1. The van der Waals surface area contributed by atoms with Gasteiger partial charge >= 0.3 is 0 Å². The fourth-order valence-corrected chi connectivity index (χ4v) is 9.57. The predicted octanol–water partition coefficient (Wildman–Crippen LogP) is 4.24. The van der Waals surface area contributed by atoms with Crippen LogP contribution in [0.3, 0.4) is 0 Å². The second-order valence-electron chi connectivity index (χ2n) is 9.61. The number of ketones is 1. The van der Waals surface area contributed by atoms with E-state index >= 15 is 0 Å². The third-order valence-electron chi connectivity index (χ3n) is 7.77. The van der Waals surface area contributed by atoms with E-state index in [1.165, 1.54) is 34.6 Å². The summed E-state index contributed by atoms with van der Waals surface area (Å²) in [6.07, 6.45) is 4.60. The first-order valence-electron chi connectivity index (χ1n) is 10.9. The third kappa shape index (κ3) is 4.00. The summed E-state index contributed by atoms with van der Waals surface area (Å²) in [5.74, 6) is 2.78. The van der Waals surface area contributed by atoms with E-state index in [1.807, 2.05) is 32.0 Å². The Labute approximate surface area is 187 Å². The Balaban J connectivity index is 0.000000150. The number of rotatable bonds is 3. The Morgan fingerprint density at radius 1 is 1.10 bits per heavy atom. The van der Waals surface area contributed by atoms with Gasteiger partial charge in [0.25, 0.3) is 0 Å². The van der Waals surface area contributed by atoms with Gasteiger partial charge in [0.15, 0.2) is 4.90 Å². The predicted molar refractivity (Wildman–Crippen MR) is 123 cm³/mol. The molecule has 2 aromatic carbocycles. The van der Waals surface area contributed by atoms with E-state index < -0.39 is 21.3 Å². The zero-order chi connectivity index (χ0) is 22.4. The molecule has 0 aromatic heterocycles. The van der Waals surface area contributed by atoms with Gasteiger partial charge in [-0.15, -0.1) is 0 Å². The summed E-state index contributed by atoms with van der Waals surface area (Å²) < 4.78 is 32.7. The fraction of sp³-hybridized carbons (Fsp3) is 0.542. The standard InChI is InChI=1S/C14H14OS.C10H16O4S/c15-13-7-8-14(16-9-3-4-10-16)12-6-2-1-5-11(12)13;1-9(2)7-3-4-10(9,8(11)5-7)6-15(12,13)14/h1-2,5-8H,3-4,9-10H2;7H,3-6H2,1-2H3,(H,12,13,14). The van der Waals surface area contributed by atoms with Crippen molar-refractivity contribution in [3.05, 3.63) is 36.4 Å². The van der Waals surface area contributed by atoms with Crippen LogP contribution in [0.2, 0.25) is 0 Å². The lowest BCUT2D eigenvalue weighted by atomic mass is 9.70. The van der Waals surface area contributed by atoms with Crippen LogP contribution in [0, 0.1) is 16.7 Å². The van der Waals surface area contributed by atoms with E-state index in [4.69, 9.17) is 0 Å². The van der Waals surface area contributed by atoms with Crippen LogP contribution in [0.5, 0.6) is 5.75 Å². The molecule has 2 bridgehead atoms. The van der Waals surface area contributed by atoms with Gasteiger partial charge in [0, 0.05) is 33.5 Å². The first kappa shape index (κ1) is 22.6. The minimum Gasteiger partial charge on any atom is -0.748 e. The van der Waals surface area contributed by atoms with Gasteiger partial charge in [-0.05, 0) is 55.2 Å². The topological polar surface area (TPSA) is 94.5 Å². The van der Waals surface area contributed by atoms with Gasteiger partial charge in [0.05, 0.1) is 15.9 Å².